The first-order valence-electron chi connectivity index (χ1n) is 9.73. The number of halogens is 2. The summed E-state index contributed by atoms with van der Waals surface area (Å²) in [7, 11) is 0. The summed E-state index contributed by atoms with van der Waals surface area (Å²) in [4.78, 5) is 29.2. The Bertz CT molecular complexity index is 895. The van der Waals surface area contributed by atoms with Crippen molar-refractivity contribution < 1.29 is 9.59 Å². The topological polar surface area (TPSA) is 52.7 Å². The van der Waals surface area contributed by atoms with E-state index in [4.69, 9.17) is 11.6 Å². The van der Waals surface area contributed by atoms with Crippen LogP contribution < -0.4 is 10.2 Å². The highest BCUT2D eigenvalue weighted by Gasteiger charge is 2.24. The SMILES string of the molecule is CC(C)CC(=O)N1CCN(c2ccc(Cl)cc2NC(=O)c2ccccc2I)CC1. The molecule has 5 nitrogen and oxygen atoms in total. The van der Waals surface area contributed by atoms with Gasteiger partial charge in [0.15, 0.2) is 0 Å². The highest BCUT2D eigenvalue weighted by atomic mass is 127. The van der Waals surface area contributed by atoms with E-state index in [0.29, 0.717) is 41.7 Å². The number of carbonyl (C=O) groups excluding carboxylic acids is 2. The molecule has 29 heavy (non-hydrogen) atoms. The van der Waals surface area contributed by atoms with E-state index < -0.39 is 0 Å². The molecule has 0 spiro atoms. The Labute approximate surface area is 190 Å². The lowest BCUT2D eigenvalue weighted by atomic mass is 10.1. The molecule has 1 aliphatic rings. The molecule has 1 aliphatic heterocycles. The van der Waals surface area contributed by atoms with E-state index in [1.54, 1.807) is 12.1 Å². The molecular formula is C22H25ClIN3O2. The maximum Gasteiger partial charge on any atom is 0.256 e. The number of amides is 2. The fourth-order valence-electron chi connectivity index (χ4n) is 3.39. The van der Waals surface area contributed by atoms with Gasteiger partial charge in [-0.3, -0.25) is 9.59 Å². The lowest BCUT2D eigenvalue weighted by Gasteiger charge is -2.37. The Morgan fingerprint density at radius 1 is 1.10 bits per heavy atom. The molecule has 0 unspecified atom stereocenters. The fraction of sp³-hybridized carbons (Fsp3) is 0.364. The summed E-state index contributed by atoms with van der Waals surface area (Å²) >= 11 is 8.36. The first-order valence-corrected chi connectivity index (χ1v) is 11.2. The summed E-state index contributed by atoms with van der Waals surface area (Å²) < 4.78 is 0.892. The molecule has 7 heteroatoms. The molecule has 0 saturated carbocycles. The second kappa shape index (κ2) is 9.80. The summed E-state index contributed by atoms with van der Waals surface area (Å²) in [6.07, 6.45) is 0.581. The van der Waals surface area contributed by atoms with Crippen LogP contribution >= 0.6 is 34.2 Å². The lowest BCUT2D eigenvalue weighted by Crippen LogP contribution is -2.49. The first-order chi connectivity index (χ1) is 13.8. The molecule has 2 aromatic rings. The predicted octanol–water partition coefficient (Wildman–Crippen LogP) is 4.89. The van der Waals surface area contributed by atoms with Crippen LogP contribution in [0.5, 0.6) is 0 Å². The summed E-state index contributed by atoms with van der Waals surface area (Å²) in [5, 5.41) is 3.58. The van der Waals surface area contributed by atoms with Gasteiger partial charge in [0, 0.05) is 41.2 Å². The monoisotopic (exact) mass is 525 g/mol. The van der Waals surface area contributed by atoms with Crippen molar-refractivity contribution >= 4 is 57.4 Å². The third-order valence-electron chi connectivity index (χ3n) is 4.88. The third-order valence-corrected chi connectivity index (χ3v) is 6.06. The Hall–Kier alpha value is -1.80. The van der Waals surface area contributed by atoms with Crippen molar-refractivity contribution in [3.05, 3.63) is 56.6 Å². The number of rotatable bonds is 5. The molecule has 1 N–H and O–H groups in total. The predicted molar refractivity (Wildman–Crippen MR) is 127 cm³/mol. The normalized spacial score (nSPS) is 14.2. The minimum atomic E-state index is -0.163. The van der Waals surface area contributed by atoms with Gasteiger partial charge in [0.05, 0.1) is 16.9 Å². The second-order valence-electron chi connectivity index (χ2n) is 7.56. The number of carbonyl (C=O) groups is 2. The molecule has 0 aromatic heterocycles. The van der Waals surface area contributed by atoms with E-state index in [9.17, 15) is 9.59 Å². The smallest absolute Gasteiger partial charge is 0.256 e. The zero-order valence-electron chi connectivity index (χ0n) is 16.6. The molecule has 154 valence electrons. The lowest BCUT2D eigenvalue weighted by molar-refractivity contribution is -0.132. The van der Waals surface area contributed by atoms with Crippen molar-refractivity contribution in [2.24, 2.45) is 5.92 Å². The van der Waals surface area contributed by atoms with Gasteiger partial charge in [-0.2, -0.15) is 0 Å². The van der Waals surface area contributed by atoms with Crippen LogP contribution in [0.25, 0.3) is 0 Å². The molecule has 0 bridgehead atoms. The van der Waals surface area contributed by atoms with Crippen LogP contribution in [0.4, 0.5) is 11.4 Å². The van der Waals surface area contributed by atoms with Gasteiger partial charge in [0.1, 0.15) is 0 Å². The zero-order chi connectivity index (χ0) is 21.0. The van der Waals surface area contributed by atoms with Crippen LogP contribution in [0, 0.1) is 9.49 Å². The second-order valence-corrected chi connectivity index (χ2v) is 9.16. The van der Waals surface area contributed by atoms with Crippen molar-refractivity contribution in [1.82, 2.24) is 4.90 Å². The Morgan fingerprint density at radius 3 is 2.45 bits per heavy atom. The van der Waals surface area contributed by atoms with Gasteiger partial charge in [-0.05, 0) is 58.8 Å². The van der Waals surface area contributed by atoms with Gasteiger partial charge in [0.25, 0.3) is 5.91 Å². The van der Waals surface area contributed by atoms with E-state index >= 15 is 0 Å². The van der Waals surface area contributed by atoms with Crippen molar-refractivity contribution in [1.29, 1.82) is 0 Å². The molecule has 0 aliphatic carbocycles. The van der Waals surface area contributed by atoms with Gasteiger partial charge in [0.2, 0.25) is 5.91 Å². The Balaban J connectivity index is 1.74. The van der Waals surface area contributed by atoms with Crippen LogP contribution in [0.1, 0.15) is 30.6 Å². The van der Waals surface area contributed by atoms with Gasteiger partial charge < -0.3 is 15.1 Å². The number of hydrogen-bond donors (Lipinski definition) is 1. The Kier molecular flexibility index (Phi) is 7.40. The molecular weight excluding hydrogens is 501 g/mol. The number of nitrogens with one attached hydrogen (secondary N) is 1. The maximum absolute atomic E-state index is 12.8. The summed E-state index contributed by atoms with van der Waals surface area (Å²) in [5.41, 5.74) is 2.23. The van der Waals surface area contributed by atoms with E-state index in [1.807, 2.05) is 35.2 Å². The molecule has 0 radical (unpaired) electrons. The highest BCUT2D eigenvalue weighted by Crippen LogP contribution is 2.31. The summed E-state index contributed by atoms with van der Waals surface area (Å²) in [6.45, 7) is 6.92. The van der Waals surface area contributed by atoms with Crippen LogP contribution in [0.2, 0.25) is 5.02 Å². The van der Waals surface area contributed by atoms with Gasteiger partial charge in [-0.15, -0.1) is 0 Å². The average molecular weight is 526 g/mol. The van der Waals surface area contributed by atoms with Crippen molar-refractivity contribution in [3.63, 3.8) is 0 Å². The molecule has 2 amide bonds. The first kappa shape index (κ1) is 21.9. The summed E-state index contributed by atoms with van der Waals surface area (Å²) in [6, 6.07) is 13.0. The molecule has 0 atom stereocenters. The van der Waals surface area contributed by atoms with E-state index in [0.717, 1.165) is 22.3 Å². The minimum Gasteiger partial charge on any atom is -0.366 e. The van der Waals surface area contributed by atoms with Crippen LogP contribution in [-0.4, -0.2) is 42.9 Å². The Morgan fingerprint density at radius 2 is 1.79 bits per heavy atom. The van der Waals surface area contributed by atoms with Crippen molar-refractivity contribution in [3.8, 4) is 0 Å². The number of nitrogens with zero attached hydrogens (tertiary/aromatic N) is 2. The van der Waals surface area contributed by atoms with E-state index in [2.05, 4.69) is 46.7 Å². The molecule has 1 saturated heterocycles. The average Bonchev–Trinajstić information content (AvgIpc) is 2.68. The quantitative estimate of drug-likeness (QED) is 0.566. The molecule has 1 heterocycles. The fourth-order valence-corrected chi connectivity index (χ4v) is 4.20. The van der Waals surface area contributed by atoms with Crippen LogP contribution in [-0.2, 0) is 4.79 Å². The van der Waals surface area contributed by atoms with Gasteiger partial charge >= 0.3 is 0 Å². The van der Waals surface area contributed by atoms with Crippen molar-refractivity contribution in [2.45, 2.75) is 20.3 Å². The molecule has 2 aromatic carbocycles. The van der Waals surface area contributed by atoms with Gasteiger partial charge in [-0.1, -0.05) is 37.6 Å². The third kappa shape index (κ3) is 5.63. The maximum atomic E-state index is 12.8. The number of benzene rings is 2. The number of hydrogen-bond acceptors (Lipinski definition) is 3. The van der Waals surface area contributed by atoms with Crippen LogP contribution in [0.15, 0.2) is 42.5 Å². The standard InChI is InChI=1S/C22H25ClIN3O2/c1-15(2)13-21(28)27-11-9-26(10-12-27)20-8-7-16(23)14-19(20)25-22(29)17-5-3-4-6-18(17)24/h3-8,14-15H,9-13H2,1-2H3,(H,25,29). The largest absolute Gasteiger partial charge is 0.366 e. The van der Waals surface area contributed by atoms with Crippen molar-refractivity contribution in [2.75, 3.05) is 36.4 Å². The molecule has 1 fully saturated rings. The van der Waals surface area contributed by atoms with E-state index in [1.165, 1.54) is 0 Å². The van der Waals surface area contributed by atoms with E-state index in [-0.39, 0.29) is 11.8 Å². The minimum absolute atomic E-state index is 0.163. The van der Waals surface area contributed by atoms with Gasteiger partial charge in [-0.25, -0.2) is 0 Å². The number of piperazine rings is 1. The zero-order valence-corrected chi connectivity index (χ0v) is 19.5. The highest BCUT2D eigenvalue weighted by molar-refractivity contribution is 14.1. The number of anilines is 2. The molecule has 3 rings (SSSR count). The summed E-state index contributed by atoms with van der Waals surface area (Å²) in [5.74, 6) is 0.409. The van der Waals surface area contributed by atoms with Crippen LogP contribution in [0.3, 0.4) is 0 Å².